The van der Waals surface area contributed by atoms with E-state index >= 15 is 0 Å². The van der Waals surface area contributed by atoms with Gasteiger partial charge < -0.3 is 4.57 Å². The van der Waals surface area contributed by atoms with E-state index in [-0.39, 0.29) is 11.8 Å². The van der Waals surface area contributed by atoms with E-state index in [0.29, 0.717) is 0 Å². The average Bonchev–Trinajstić information content (AvgIpc) is 3.58. The predicted octanol–water partition coefficient (Wildman–Crippen LogP) is 13.9. The molecule has 0 radical (unpaired) electrons. The second kappa shape index (κ2) is 12.5. The summed E-state index contributed by atoms with van der Waals surface area (Å²) >= 11 is 0. The molecule has 2 aromatic heterocycles. The molecule has 3 unspecified atom stereocenters. The third-order valence-electron chi connectivity index (χ3n) is 13.4. The molecule has 11 aromatic rings. The molecule has 0 amide bonds. The van der Waals surface area contributed by atoms with Crippen LogP contribution in [0.2, 0.25) is 0 Å². The smallest absolute Gasteiger partial charge is 0.159 e. The van der Waals surface area contributed by atoms with Crippen molar-refractivity contribution in [3.63, 3.8) is 0 Å². The zero-order valence-corrected chi connectivity index (χ0v) is 33.0. The standard InChI is InChI=1S/C56H38N4/c1-35-53-55(59-47-31-27-38-19-11-13-23-43(38)51(47)45-29-25-41(33-49(45)59)36-15-5-2-6-16-36)57-54(40-21-9-4-10-22-40)58-56(35,53)60-48-32-28-39-20-12-14-24-44(39)52(48)46-30-26-42(34-50(46)60)37-17-7-3-8-18-37/h2-35,53H,1H3. The number of aliphatic imine (C=N–C) groups is 2. The van der Waals surface area contributed by atoms with Crippen molar-refractivity contribution >= 4 is 76.8 Å². The van der Waals surface area contributed by atoms with Crippen LogP contribution in [0.1, 0.15) is 12.5 Å². The molecule has 4 heteroatoms. The number of amidine groups is 1. The molecule has 2 aliphatic rings. The number of aromatic nitrogens is 2. The van der Waals surface area contributed by atoms with Crippen molar-refractivity contribution in [2.24, 2.45) is 21.8 Å². The molecule has 9 aromatic carbocycles. The first kappa shape index (κ1) is 33.4. The molecule has 282 valence electrons. The lowest BCUT2D eigenvalue weighted by molar-refractivity contribution is 0.482. The molecular formula is C56H38N4. The summed E-state index contributed by atoms with van der Waals surface area (Å²) in [5, 5.41) is 9.96. The molecule has 1 saturated carbocycles. The molecule has 4 nitrogen and oxygen atoms in total. The maximum absolute atomic E-state index is 5.88. The molecule has 1 aliphatic heterocycles. The number of hydrogen-bond acceptors (Lipinski definition) is 2. The van der Waals surface area contributed by atoms with E-state index in [1.807, 2.05) is 0 Å². The van der Waals surface area contributed by atoms with Gasteiger partial charge in [0, 0.05) is 33.0 Å². The highest BCUT2D eigenvalue weighted by Crippen LogP contribution is 2.63. The van der Waals surface area contributed by atoms with Crippen LogP contribution in [-0.2, 0) is 5.66 Å². The average molecular weight is 767 g/mol. The molecule has 3 heterocycles. The second-order valence-electron chi connectivity index (χ2n) is 16.5. The SMILES string of the molecule is CC1C2C(n3c4cc(-c5ccccc5)ccc4c4c5ccccc5ccc43)=NC(c3ccccc3)=NC12n1c2cc(-c3ccccc3)ccc2c2c3ccccc3ccc21. The normalized spacial score (nSPS) is 18.7. The highest BCUT2D eigenvalue weighted by atomic mass is 15.3. The third-order valence-corrected chi connectivity index (χ3v) is 13.4. The Morgan fingerprint density at radius 2 is 0.917 bits per heavy atom. The van der Waals surface area contributed by atoms with Crippen molar-refractivity contribution in [3.8, 4) is 22.3 Å². The van der Waals surface area contributed by atoms with E-state index in [9.17, 15) is 0 Å². The first-order valence-corrected chi connectivity index (χ1v) is 20.9. The van der Waals surface area contributed by atoms with Crippen molar-refractivity contribution in [2.45, 2.75) is 12.6 Å². The Bertz CT molecular complexity index is 3610. The van der Waals surface area contributed by atoms with Crippen molar-refractivity contribution in [2.75, 3.05) is 0 Å². The summed E-state index contributed by atoms with van der Waals surface area (Å²) in [6, 6.07) is 72.8. The monoisotopic (exact) mass is 766 g/mol. The third kappa shape index (κ3) is 4.62. The van der Waals surface area contributed by atoms with E-state index in [2.05, 4.69) is 216 Å². The molecular weight excluding hydrogens is 729 g/mol. The minimum Gasteiger partial charge on any atom is -0.314 e. The molecule has 60 heavy (non-hydrogen) atoms. The van der Waals surface area contributed by atoms with E-state index in [4.69, 9.17) is 9.98 Å². The van der Waals surface area contributed by atoms with Gasteiger partial charge in [0.15, 0.2) is 11.5 Å². The summed E-state index contributed by atoms with van der Waals surface area (Å²) in [5.74, 6) is 1.91. The largest absolute Gasteiger partial charge is 0.314 e. The number of hydrogen-bond donors (Lipinski definition) is 0. The summed E-state index contributed by atoms with van der Waals surface area (Å²) in [5.41, 5.74) is 9.84. The number of fused-ring (bicyclic) bond motifs is 11. The van der Waals surface area contributed by atoms with Crippen molar-refractivity contribution in [1.82, 2.24) is 9.13 Å². The van der Waals surface area contributed by atoms with Crippen LogP contribution in [0, 0.1) is 11.8 Å². The van der Waals surface area contributed by atoms with Crippen LogP contribution in [0.25, 0.3) is 87.4 Å². The van der Waals surface area contributed by atoms with Crippen LogP contribution in [0.5, 0.6) is 0 Å². The predicted molar refractivity (Wildman–Crippen MR) is 251 cm³/mol. The summed E-state index contributed by atoms with van der Waals surface area (Å²) in [6.45, 7) is 2.38. The van der Waals surface area contributed by atoms with Gasteiger partial charge in [-0.25, -0.2) is 9.98 Å². The molecule has 0 N–H and O–H groups in total. The molecule has 0 saturated heterocycles. The Balaban J connectivity index is 1.14. The maximum atomic E-state index is 5.88. The Morgan fingerprint density at radius 3 is 1.53 bits per heavy atom. The molecule has 1 aliphatic carbocycles. The molecule has 0 bridgehead atoms. The van der Waals surface area contributed by atoms with Gasteiger partial charge in [0.1, 0.15) is 5.84 Å². The molecule has 1 fully saturated rings. The Hall–Kier alpha value is -7.56. The first-order chi connectivity index (χ1) is 29.7. The Labute approximate surface area is 347 Å². The van der Waals surface area contributed by atoms with E-state index in [1.54, 1.807) is 0 Å². The molecule has 3 atom stereocenters. The lowest BCUT2D eigenvalue weighted by Gasteiger charge is -2.25. The van der Waals surface area contributed by atoms with Gasteiger partial charge in [0.2, 0.25) is 0 Å². The molecule has 13 rings (SSSR count). The summed E-state index contributed by atoms with van der Waals surface area (Å²) in [6.07, 6.45) is 0. The fourth-order valence-electron chi connectivity index (χ4n) is 10.6. The van der Waals surface area contributed by atoms with Gasteiger partial charge in [-0.15, -0.1) is 0 Å². The zero-order valence-electron chi connectivity index (χ0n) is 33.0. The highest BCUT2D eigenvalue weighted by molar-refractivity contribution is 6.26. The summed E-state index contributed by atoms with van der Waals surface area (Å²) in [7, 11) is 0. The van der Waals surface area contributed by atoms with Crippen molar-refractivity contribution < 1.29 is 0 Å². The summed E-state index contributed by atoms with van der Waals surface area (Å²) < 4.78 is 5.09. The maximum Gasteiger partial charge on any atom is 0.159 e. The first-order valence-electron chi connectivity index (χ1n) is 20.9. The minimum atomic E-state index is -0.642. The quantitative estimate of drug-likeness (QED) is 0.171. The highest BCUT2D eigenvalue weighted by Gasteiger charge is 2.69. The van der Waals surface area contributed by atoms with E-state index < -0.39 is 5.66 Å². The van der Waals surface area contributed by atoms with Crippen LogP contribution in [-0.4, -0.2) is 20.8 Å². The van der Waals surface area contributed by atoms with E-state index in [0.717, 1.165) is 28.3 Å². The topological polar surface area (TPSA) is 34.6 Å². The Kier molecular flexibility index (Phi) is 6.95. The number of nitrogens with zero attached hydrogens (tertiary/aromatic N) is 4. The Morgan fingerprint density at radius 1 is 0.417 bits per heavy atom. The second-order valence-corrected chi connectivity index (χ2v) is 16.5. The van der Waals surface area contributed by atoms with Crippen LogP contribution < -0.4 is 0 Å². The van der Waals surface area contributed by atoms with E-state index in [1.165, 1.54) is 76.4 Å². The fourth-order valence-corrected chi connectivity index (χ4v) is 10.6. The number of benzene rings is 9. The van der Waals surface area contributed by atoms with Gasteiger partial charge >= 0.3 is 0 Å². The van der Waals surface area contributed by atoms with Crippen LogP contribution >= 0.6 is 0 Å². The fraction of sp³-hybridized carbons (Fsp3) is 0.0714. The van der Waals surface area contributed by atoms with Gasteiger partial charge in [0.25, 0.3) is 0 Å². The van der Waals surface area contributed by atoms with Crippen LogP contribution in [0.3, 0.4) is 0 Å². The van der Waals surface area contributed by atoms with Crippen molar-refractivity contribution in [1.29, 1.82) is 0 Å². The van der Waals surface area contributed by atoms with Crippen LogP contribution in [0.4, 0.5) is 0 Å². The van der Waals surface area contributed by atoms with Gasteiger partial charge in [-0.2, -0.15) is 0 Å². The molecule has 0 spiro atoms. The van der Waals surface area contributed by atoms with Gasteiger partial charge in [0.05, 0.1) is 28.0 Å². The van der Waals surface area contributed by atoms with Crippen LogP contribution in [0.15, 0.2) is 210 Å². The summed E-state index contributed by atoms with van der Waals surface area (Å²) in [4.78, 5) is 11.6. The lowest BCUT2D eigenvalue weighted by atomic mass is 10.0. The number of rotatable bonds is 4. The van der Waals surface area contributed by atoms with Gasteiger partial charge in [-0.1, -0.05) is 183 Å². The van der Waals surface area contributed by atoms with Crippen molar-refractivity contribution in [3.05, 3.63) is 206 Å². The van der Waals surface area contributed by atoms with Gasteiger partial charge in [-0.05, 0) is 68.1 Å². The minimum absolute atomic E-state index is 0.0127. The zero-order chi connectivity index (χ0) is 39.5. The lowest BCUT2D eigenvalue weighted by Crippen LogP contribution is -2.30. The van der Waals surface area contributed by atoms with Gasteiger partial charge in [-0.3, -0.25) is 4.57 Å².